The molecule has 0 spiro atoms. The molecule has 2 amide bonds. The van der Waals surface area contributed by atoms with Crippen LogP contribution in [-0.4, -0.2) is 65.3 Å². The molecule has 108 valence electrons. The lowest BCUT2D eigenvalue weighted by Gasteiger charge is -2.38. The van der Waals surface area contributed by atoms with Crippen molar-refractivity contribution in [3.8, 4) is 0 Å². The highest BCUT2D eigenvalue weighted by atomic mass is 16.5. The monoisotopic (exact) mass is 270 g/mol. The second-order valence-corrected chi connectivity index (χ2v) is 5.64. The first-order valence-corrected chi connectivity index (χ1v) is 6.85. The van der Waals surface area contributed by atoms with E-state index >= 15 is 0 Å². The summed E-state index contributed by atoms with van der Waals surface area (Å²) in [7, 11) is 0. The molecule has 2 heterocycles. The van der Waals surface area contributed by atoms with Crippen molar-refractivity contribution in [1.82, 2.24) is 9.80 Å². The van der Waals surface area contributed by atoms with Gasteiger partial charge >= 0.3 is 12.0 Å². The first-order valence-electron chi connectivity index (χ1n) is 6.85. The Morgan fingerprint density at radius 1 is 1.32 bits per heavy atom. The van der Waals surface area contributed by atoms with Crippen LogP contribution in [0.2, 0.25) is 0 Å². The number of amides is 2. The van der Waals surface area contributed by atoms with Gasteiger partial charge in [-0.2, -0.15) is 0 Å². The van der Waals surface area contributed by atoms with Gasteiger partial charge in [-0.15, -0.1) is 0 Å². The Morgan fingerprint density at radius 3 is 2.63 bits per heavy atom. The molecular formula is C13H22N2O4. The Kier molecular flexibility index (Phi) is 4.29. The van der Waals surface area contributed by atoms with E-state index in [2.05, 4.69) is 6.92 Å². The summed E-state index contributed by atoms with van der Waals surface area (Å²) in [6.45, 7) is 6.23. The number of likely N-dealkylation sites (tertiary alicyclic amines) is 1. The number of carboxylic acids is 1. The van der Waals surface area contributed by atoms with Crippen LogP contribution in [0, 0.1) is 5.92 Å². The molecule has 0 aromatic carbocycles. The van der Waals surface area contributed by atoms with E-state index in [0.29, 0.717) is 25.7 Å². The summed E-state index contributed by atoms with van der Waals surface area (Å²) in [6, 6.07) is -0.149. The summed E-state index contributed by atoms with van der Waals surface area (Å²) in [5.41, 5.74) is 0. The topological polar surface area (TPSA) is 70.1 Å². The lowest BCUT2D eigenvalue weighted by Crippen LogP contribution is -2.54. The SMILES string of the molecule is CC1CC(C)N(C(=O)N2CCOCC2CC(=O)O)C1. The van der Waals surface area contributed by atoms with Crippen LogP contribution in [0.25, 0.3) is 0 Å². The fraction of sp³-hybridized carbons (Fsp3) is 0.846. The lowest BCUT2D eigenvalue weighted by molar-refractivity contribution is -0.139. The molecule has 1 N–H and O–H groups in total. The number of hydrogen-bond donors (Lipinski definition) is 1. The van der Waals surface area contributed by atoms with Crippen LogP contribution in [0.1, 0.15) is 26.7 Å². The van der Waals surface area contributed by atoms with Crippen LogP contribution < -0.4 is 0 Å². The maximum atomic E-state index is 12.6. The molecule has 2 aliphatic rings. The minimum Gasteiger partial charge on any atom is -0.481 e. The molecule has 2 aliphatic heterocycles. The smallest absolute Gasteiger partial charge is 0.320 e. The van der Waals surface area contributed by atoms with Crippen molar-refractivity contribution < 1.29 is 19.4 Å². The normalized spacial score (nSPS) is 31.6. The van der Waals surface area contributed by atoms with Gasteiger partial charge in [0.2, 0.25) is 0 Å². The summed E-state index contributed by atoms with van der Waals surface area (Å²) in [4.78, 5) is 27.0. The van der Waals surface area contributed by atoms with Gasteiger partial charge in [-0.1, -0.05) is 6.92 Å². The van der Waals surface area contributed by atoms with E-state index < -0.39 is 5.97 Å². The zero-order chi connectivity index (χ0) is 14.0. The third kappa shape index (κ3) is 3.18. The van der Waals surface area contributed by atoms with Gasteiger partial charge in [0.25, 0.3) is 0 Å². The first-order chi connectivity index (χ1) is 8.99. The lowest BCUT2D eigenvalue weighted by atomic mass is 10.1. The number of carbonyl (C=O) groups is 2. The number of hydrogen-bond acceptors (Lipinski definition) is 3. The molecule has 0 bridgehead atoms. The van der Waals surface area contributed by atoms with Crippen molar-refractivity contribution in [2.75, 3.05) is 26.3 Å². The van der Waals surface area contributed by atoms with E-state index in [0.717, 1.165) is 13.0 Å². The van der Waals surface area contributed by atoms with Gasteiger partial charge in [-0.05, 0) is 19.3 Å². The molecular weight excluding hydrogens is 248 g/mol. The molecule has 3 atom stereocenters. The number of morpholine rings is 1. The molecule has 6 heteroatoms. The fourth-order valence-corrected chi connectivity index (χ4v) is 3.01. The second-order valence-electron chi connectivity index (χ2n) is 5.64. The van der Waals surface area contributed by atoms with Crippen molar-refractivity contribution >= 4 is 12.0 Å². The standard InChI is InChI=1S/C13H22N2O4/c1-9-5-10(2)15(7-9)13(18)14-3-4-19-8-11(14)6-12(16)17/h9-11H,3-8H2,1-2H3,(H,16,17). The predicted octanol–water partition coefficient (Wildman–Crippen LogP) is 1.01. The maximum Gasteiger partial charge on any atom is 0.320 e. The number of ether oxygens (including phenoxy) is 1. The first kappa shape index (κ1) is 14.1. The van der Waals surface area contributed by atoms with Crippen LogP contribution >= 0.6 is 0 Å². The largest absolute Gasteiger partial charge is 0.481 e. The number of aliphatic carboxylic acids is 1. The van der Waals surface area contributed by atoms with Crippen LogP contribution in [0.5, 0.6) is 0 Å². The summed E-state index contributed by atoms with van der Waals surface area (Å²) >= 11 is 0. The van der Waals surface area contributed by atoms with E-state index in [9.17, 15) is 9.59 Å². The van der Waals surface area contributed by atoms with Crippen molar-refractivity contribution in [1.29, 1.82) is 0 Å². The van der Waals surface area contributed by atoms with Crippen molar-refractivity contribution in [2.24, 2.45) is 5.92 Å². The average Bonchev–Trinajstić information content (AvgIpc) is 2.67. The van der Waals surface area contributed by atoms with E-state index in [4.69, 9.17) is 9.84 Å². The van der Waals surface area contributed by atoms with Crippen molar-refractivity contribution in [2.45, 2.75) is 38.8 Å². The summed E-state index contributed by atoms with van der Waals surface area (Å²) in [5, 5.41) is 8.92. The van der Waals surface area contributed by atoms with Gasteiger partial charge < -0.3 is 19.6 Å². The maximum absolute atomic E-state index is 12.6. The molecule has 0 aromatic rings. The van der Waals surface area contributed by atoms with Crippen LogP contribution in [-0.2, 0) is 9.53 Å². The van der Waals surface area contributed by atoms with Gasteiger partial charge in [-0.25, -0.2) is 4.79 Å². The van der Waals surface area contributed by atoms with Crippen molar-refractivity contribution in [3.05, 3.63) is 0 Å². The Labute approximate surface area is 113 Å². The molecule has 0 radical (unpaired) electrons. The number of carbonyl (C=O) groups excluding carboxylic acids is 1. The number of urea groups is 1. The van der Waals surface area contributed by atoms with Crippen LogP contribution in [0.4, 0.5) is 4.79 Å². The van der Waals surface area contributed by atoms with Gasteiger partial charge in [0.1, 0.15) is 0 Å². The highest BCUT2D eigenvalue weighted by molar-refractivity contribution is 5.77. The minimum atomic E-state index is -0.892. The van der Waals surface area contributed by atoms with Gasteiger partial charge in [0, 0.05) is 19.1 Å². The Balaban J connectivity index is 2.04. The molecule has 2 fully saturated rings. The third-order valence-corrected chi connectivity index (χ3v) is 3.91. The molecule has 19 heavy (non-hydrogen) atoms. The third-order valence-electron chi connectivity index (χ3n) is 3.91. The molecule has 2 rings (SSSR count). The van der Waals surface area contributed by atoms with E-state index in [1.807, 2.05) is 11.8 Å². The average molecular weight is 270 g/mol. The van der Waals surface area contributed by atoms with Gasteiger partial charge in [-0.3, -0.25) is 4.79 Å². The summed E-state index contributed by atoms with van der Waals surface area (Å²) in [5.74, 6) is -0.381. The number of nitrogens with zero attached hydrogens (tertiary/aromatic N) is 2. The Hall–Kier alpha value is -1.30. The summed E-state index contributed by atoms with van der Waals surface area (Å²) < 4.78 is 5.30. The van der Waals surface area contributed by atoms with E-state index in [1.165, 1.54) is 0 Å². The predicted molar refractivity (Wildman–Crippen MR) is 68.9 cm³/mol. The van der Waals surface area contributed by atoms with E-state index in [-0.39, 0.29) is 24.5 Å². The minimum absolute atomic E-state index is 0.0357. The van der Waals surface area contributed by atoms with Crippen LogP contribution in [0.15, 0.2) is 0 Å². The summed E-state index contributed by atoms with van der Waals surface area (Å²) in [6.07, 6.45) is 0.961. The molecule has 0 saturated carbocycles. The van der Waals surface area contributed by atoms with Crippen molar-refractivity contribution in [3.63, 3.8) is 0 Å². The molecule has 2 saturated heterocycles. The second kappa shape index (κ2) is 5.77. The highest BCUT2D eigenvalue weighted by Crippen LogP contribution is 2.25. The zero-order valence-electron chi connectivity index (χ0n) is 11.5. The van der Waals surface area contributed by atoms with Crippen LogP contribution in [0.3, 0.4) is 0 Å². The molecule has 0 aromatic heterocycles. The molecule has 6 nitrogen and oxygen atoms in total. The van der Waals surface area contributed by atoms with Gasteiger partial charge in [0.15, 0.2) is 0 Å². The van der Waals surface area contributed by atoms with Gasteiger partial charge in [0.05, 0.1) is 25.7 Å². The Bertz CT molecular complexity index is 361. The quantitative estimate of drug-likeness (QED) is 0.813. The number of carboxylic acid groups (broad SMARTS) is 1. The number of rotatable bonds is 2. The Morgan fingerprint density at radius 2 is 2.05 bits per heavy atom. The zero-order valence-corrected chi connectivity index (χ0v) is 11.5. The van der Waals surface area contributed by atoms with E-state index in [1.54, 1.807) is 4.90 Å². The fourth-order valence-electron chi connectivity index (χ4n) is 3.01. The highest BCUT2D eigenvalue weighted by Gasteiger charge is 2.37. The molecule has 3 unspecified atom stereocenters. The molecule has 0 aliphatic carbocycles.